The van der Waals surface area contributed by atoms with Gasteiger partial charge in [0.1, 0.15) is 0 Å². The summed E-state index contributed by atoms with van der Waals surface area (Å²) < 4.78 is 25.6. The Hall–Kier alpha value is -1.11. The van der Waals surface area contributed by atoms with E-state index in [1.165, 1.54) is 19.2 Å². The summed E-state index contributed by atoms with van der Waals surface area (Å²) in [6.45, 7) is 1.80. The largest absolute Gasteiger partial charge is 0.326 e. The molecular formula is C12H17ClN2O3S. The Morgan fingerprint density at radius 3 is 2.63 bits per heavy atom. The Balaban J connectivity index is 2.95. The van der Waals surface area contributed by atoms with Gasteiger partial charge >= 0.3 is 0 Å². The monoisotopic (exact) mass is 304 g/mol. The fourth-order valence-electron chi connectivity index (χ4n) is 1.46. The zero-order valence-electron chi connectivity index (χ0n) is 10.9. The van der Waals surface area contributed by atoms with Crippen molar-refractivity contribution in [3.05, 3.63) is 23.8 Å². The van der Waals surface area contributed by atoms with E-state index in [9.17, 15) is 13.2 Å². The van der Waals surface area contributed by atoms with Crippen LogP contribution in [-0.2, 0) is 14.8 Å². The molecule has 1 aromatic rings. The number of carbonyl (C=O) groups excluding carboxylic acids is 1. The molecule has 0 atom stereocenters. The third-order valence-electron chi connectivity index (χ3n) is 2.60. The number of alkyl halides is 1. The molecule has 0 aliphatic carbocycles. The lowest BCUT2D eigenvalue weighted by atomic mass is 10.2. The predicted molar refractivity (Wildman–Crippen MR) is 76.0 cm³/mol. The van der Waals surface area contributed by atoms with Crippen LogP contribution in [0, 0.1) is 6.92 Å². The number of hydrogen-bond donors (Lipinski definition) is 2. The number of nitrogens with one attached hydrogen (secondary N) is 2. The summed E-state index contributed by atoms with van der Waals surface area (Å²) in [5.41, 5.74) is 1.30. The van der Waals surface area contributed by atoms with E-state index in [4.69, 9.17) is 11.6 Å². The smallest absolute Gasteiger partial charge is 0.240 e. The van der Waals surface area contributed by atoms with Crippen molar-refractivity contribution in [3.63, 3.8) is 0 Å². The van der Waals surface area contributed by atoms with Crippen molar-refractivity contribution in [3.8, 4) is 0 Å². The van der Waals surface area contributed by atoms with Gasteiger partial charge in [0.15, 0.2) is 0 Å². The Morgan fingerprint density at radius 1 is 1.37 bits per heavy atom. The molecule has 106 valence electrons. The topological polar surface area (TPSA) is 75.3 Å². The summed E-state index contributed by atoms with van der Waals surface area (Å²) in [5, 5.41) is 2.69. The third-order valence-corrected chi connectivity index (χ3v) is 4.28. The molecule has 0 radical (unpaired) electrons. The van der Waals surface area contributed by atoms with Gasteiger partial charge in [0, 0.05) is 18.0 Å². The minimum Gasteiger partial charge on any atom is -0.326 e. The number of carbonyl (C=O) groups is 1. The Bertz CT molecular complexity index is 558. The summed E-state index contributed by atoms with van der Waals surface area (Å²) in [5.74, 6) is 0.239. The maximum absolute atomic E-state index is 11.7. The molecule has 0 saturated heterocycles. The van der Waals surface area contributed by atoms with Crippen LogP contribution in [0.4, 0.5) is 5.69 Å². The van der Waals surface area contributed by atoms with E-state index in [1.807, 2.05) is 0 Å². The second-order valence-corrected chi connectivity index (χ2v) is 6.29. The molecule has 0 bridgehead atoms. The normalized spacial score (nSPS) is 11.3. The van der Waals surface area contributed by atoms with Crippen molar-refractivity contribution >= 4 is 33.2 Å². The number of aryl methyl sites for hydroxylation is 1. The first kappa shape index (κ1) is 15.9. The van der Waals surface area contributed by atoms with Crippen LogP contribution in [0.25, 0.3) is 0 Å². The lowest BCUT2D eigenvalue weighted by Crippen LogP contribution is -2.19. The highest BCUT2D eigenvalue weighted by Gasteiger charge is 2.13. The molecule has 0 spiro atoms. The van der Waals surface area contributed by atoms with Crippen LogP contribution in [-0.4, -0.2) is 27.3 Å². The highest BCUT2D eigenvalue weighted by molar-refractivity contribution is 7.89. The summed E-state index contributed by atoms with van der Waals surface area (Å²) >= 11 is 5.52. The molecule has 0 aliphatic rings. The van der Waals surface area contributed by atoms with Gasteiger partial charge in [-0.25, -0.2) is 13.1 Å². The van der Waals surface area contributed by atoms with Crippen molar-refractivity contribution in [2.45, 2.75) is 24.7 Å². The molecule has 2 N–H and O–H groups in total. The Kier molecular flexibility index (Phi) is 5.78. The zero-order chi connectivity index (χ0) is 14.5. The molecule has 0 saturated carbocycles. The average molecular weight is 305 g/mol. The van der Waals surface area contributed by atoms with Gasteiger partial charge < -0.3 is 5.32 Å². The molecule has 0 aliphatic heterocycles. The minimum absolute atomic E-state index is 0.119. The third kappa shape index (κ3) is 4.49. The summed E-state index contributed by atoms with van der Waals surface area (Å²) in [6.07, 6.45) is 0.896. The number of halogens is 1. The van der Waals surface area contributed by atoms with Crippen molar-refractivity contribution in [1.29, 1.82) is 0 Å². The van der Waals surface area contributed by atoms with Gasteiger partial charge in [-0.15, -0.1) is 11.6 Å². The van der Waals surface area contributed by atoms with E-state index < -0.39 is 10.0 Å². The average Bonchev–Trinajstić information content (AvgIpc) is 2.38. The van der Waals surface area contributed by atoms with Crippen LogP contribution < -0.4 is 10.0 Å². The number of anilines is 1. The number of benzene rings is 1. The second kappa shape index (κ2) is 6.88. The van der Waals surface area contributed by atoms with E-state index >= 15 is 0 Å². The number of sulfonamides is 1. The first-order chi connectivity index (χ1) is 8.90. The predicted octanol–water partition coefficient (Wildman–Crippen LogP) is 1.86. The van der Waals surface area contributed by atoms with E-state index in [2.05, 4.69) is 10.0 Å². The Labute approximate surface area is 118 Å². The molecule has 1 amide bonds. The SMILES string of the molecule is CNS(=O)(=O)c1ccc(C)c(NC(=O)CCCCl)c1. The van der Waals surface area contributed by atoms with Crippen LogP contribution in [0.2, 0.25) is 0 Å². The van der Waals surface area contributed by atoms with E-state index in [0.29, 0.717) is 24.4 Å². The molecule has 1 aromatic carbocycles. The molecule has 5 nitrogen and oxygen atoms in total. The molecule has 0 unspecified atom stereocenters. The van der Waals surface area contributed by atoms with E-state index in [1.54, 1.807) is 13.0 Å². The number of amides is 1. The second-order valence-electron chi connectivity index (χ2n) is 4.03. The van der Waals surface area contributed by atoms with E-state index in [0.717, 1.165) is 5.56 Å². The molecule has 1 rings (SSSR count). The van der Waals surface area contributed by atoms with Crippen molar-refractivity contribution < 1.29 is 13.2 Å². The minimum atomic E-state index is -3.51. The van der Waals surface area contributed by atoms with Crippen molar-refractivity contribution in [2.24, 2.45) is 0 Å². The molecule has 19 heavy (non-hydrogen) atoms. The standard InChI is InChI=1S/C12H17ClN2O3S/c1-9-5-6-10(19(17,18)14-2)8-11(9)15-12(16)4-3-7-13/h5-6,8,14H,3-4,7H2,1-2H3,(H,15,16). The highest BCUT2D eigenvalue weighted by atomic mass is 35.5. The zero-order valence-corrected chi connectivity index (χ0v) is 12.4. The number of hydrogen-bond acceptors (Lipinski definition) is 3. The summed E-state index contributed by atoms with van der Waals surface area (Å²) in [4.78, 5) is 11.7. The summed E-state index contributed by atoms with van der Waals surface area (Å²) in [7, 11) is -2.17. The molecule has 0 aromatic heterocycles. The lowest BCUT2D eigenvalue weighted by Gasteiger charge is -2.10. The van der Waals surface area contributed by atoms with Gasteiger partial charge in [-0.3, -0.25) is 4.79 Å². The van der Waals surface area contributed by atoms with Crippen molar-refractivity contribution in [1.82, 2.24) is 4.72 Å². The lowest BCUT2D eigenvalue weighted by molar-refractivity contribution is -0.116. The molecule has 0 fully saturated rings. The van der Waals surface area contributed by atoms with Gasteiger partial charge in [-0.1, -0.05) is 6.07 Å². The van der Waals surface area contributed by atoms with Gasteiger partial charge in [0.25, 0.3) is 0 Å². The molecule has 0 heterocycles. The van der Waals surface area contributed by atoms with Crippen LogP contribution in [0.3, 0.4) is 0 Å². The van der Waals surface area contributed by atoms with Crippen molar-refractivity contribution in [2.75, 3.05) is 18.2 Å². The fraction of sp³-hybridized carbons (Fsp3) is 0.417. The van der Waals surface area contributed by atoms with Crippen LogP contribution in [0.15, 0.2) is 23.1 Å². The maximum Gasteiger partial charge on any atom is 0.240 e. The van der Waals surface area contributed by atoms with Crippen LogP contribution >= 0.6 is 11.6 Å². The van der Waals surface area contributed by atoms with Crippen LogP contribution in [0.5, 0.6) is 0 Å². The van der Waals surface area contributed by atoms with E-state index in [-0.39, 0.29) is 10.8 Å². The van der Waals surface area contributed by atoms with Gasteiger partial charge in [0.2, 0.25) is 15.9 Å². The molecular weight excluding hydrogens is 288 g/mol. The van der Waals surface area contributed by atoms with Gasteiger partial charge in [-0.05, 0) is 38.1 Å². The van der Waals surface area contributed by atoms with Gasteiger partial charge in [-0.2, -0.15) is 0 Å². The molecule has 7 heteroatoms. The quantitative estimate of drug-likeness (QED) is 0.788. The van der Waals surface area contributed by atoms with Gasteiger partial charge in [0.05, 0.1) is 4.90 Å². The first-order valence-corrected chi connectivity index (χ1v) is 7.82. The maximum atomic E-state index is 11.7. The summed E-state index contributed by atoms with van der Waals surface area (Å²) in [6, 6.07) is 4.59. The first-order valence-electron chi connectivity index (χ1n) is 5.80. The highest BCUT2D eigenvalue weighted by Crippen LogP contribution is 2.20. The fourth-order valence-corrected chi connectivity index (χ4v) is 2.35. The Morgan fingerprint density at radius 2 is 2.05 bits per heavy atom. The number of rotatable bonds is 6. The van der Waals surface area contributed by atoms with Crippen LogP contribution in [0.1, 0.15) is 18.4 Å².